The third-order valence-corrected chi connectivity index (χ3v) is 4.10. The van der Waals surface area contributed by atoms with E-state index in [-0.39, 0.29) is 4.75 Å². The molecule has 84 valence electrons. The Bertz CT molecular complexity index is 390. The third-order valence-electron chi connectivity index (χ3n) is 1.63. The van der Waals surface area contributed by atoms with Gasteiger partial charge in [0.05, 0.1) is 21.5 Å². The van der Waals surface area contributed by atoms with E-state index in [0.717, 1.165) is 3.57 Å². The highest BCUT2D eigenvalue weighted by Gasteiger charge is 2.23. The normalized spacial score (nSPS) is 13.7. The molecule has 1 aromatic heterocycles. The van der Waals surface area contributed by atoms with E-state index < -0.39 is 10.8 Å². The van der Waals surface area contributed by atoms with Crippen molar-refractivity contribution in [2.45, 2.75) is 30.5 Å². The van der Waals surface area contributed by atoms with Crippen LogP contribution in [0.2, 0.25) is 0 Å². The number of rotatable bonds is 2. The molecule has 1 unspecified atom stereocenters. The highest BCUT2D eigenvalue weighted by Crippen LogP contribution is 2.22. The van der Waals surface area contributed by atoms with Gasteiger partial charge in [-0.2, -0.15) is 0 Å². The first-order valence-electron chi connectivity index (χ1n) is 4.35. The first kappa shape index (κ1) is 12.8. The Morgan fingerprint density at radius 1 is 1.40 bits per heavy atom. The van der Waals surface area contributed by atoms with Crippen LogP contribution in [0.1, 0.15) is 20.8 Å². The van der Waals surface area contributed by atoms with E-state index in [1.807, 2.05) is 20.8 Å². The van der Waals surface area contributed by atoms with Crippen molar-refractivity contribution < 1.29 is 8.95 Å². The molecule has 4 nitrogen and oxygen atoms in total. The summed E-state index contributed by atoms with van der Waals surface area (Å²) in [5.41, 5.74) is 0. The Hall–Kier alpha value is -0.240. The lowest BCUT2D eigenvalue weighted by Gasteiger charge is -2.16. The predicted molar refractivity (Wildman–Crippen MR) is 67.5 cm³/mol. The summed E-state index contributed by atoms with van der Waals surface area (Å²) < 4.78 is 17.5. The van der Waals surface area contributed by atoms with E-state index in [9.17, 15) is 4.21 Å². The Balaban J connectivity index is 3.08. The zero-order chi connectivity index (χ0) is 11.6. The second kappa shape index (κ2) is 4.73. The van der Waals surface area contributed by atoms with E-state index in [4.69, 9.17) is 4.74 Å². The summed E-state index contributed by atoms with van der Waals surface area (Å²) in [6, 6.07) is 1.74. The van der Waals surface area contributed by atoms with Crippen molar-refractivity contribution in [2.75, 3.05) is 7.11 Å². The van der Waals surface area contributed by atoms with Crippen molar-refractivity contribution in [3.05, 3.63) is 9.64 Å². The number of nitrogens with zero attached hydrogens (tertiary/aromatic N) is 2. The summed E-state index contributed by atoms with van der Waals surface area (Å²) in [6.07, 6.45) is 0. The Morgan fingerprint density at radius 3 is 2.40 bits per heavy atom. The zero-order valence-corrected chi connectivity index (χ0v) is 12.0. The minimum Gasteiger partial charge on any atom is -0.479 e. The Labute approximate surface area is 105 Å². The molecule has 1 atom stereocenters. The number of hydrogen-bond donors (Lipinski definition) is 0. The highest BCUT2D eigenvalue weighted by atomic mass is 127. The van der Waals surface area contributed by atoms with E-state index >= 15 is 0 Å². The molecule has 0 amide bonds. The lowest BCUT2D eigenvalue weighted by molar-refractivity contribution is 0.386. The van der Waals surface area contributed by atoms with Crippen molar-refractivity contribution in [1.29, 1.82) is 0 Å². The summed E-state index contributed by atoms with van der Waals surface area (Å²) >= 11 is 2.09. The number of halogens is 1. The summed E-state index contributed by atoms with van der Waals surface area (Å²) in [5, 5.41) is 8.25. The second-order valence-electron chi connectivity index (χ2n) is 3.92. The quantitative estimate of drug-likeness (QED) is 0.773. The number of ether oxygens (including phenoxy) is 1. The van der Waals surface area contributed by atoms with Crippen LogP contribution in [0.5, 0.6) is 5.88 Å². The van der Waals surface area contributed by atoms with Gasteiger partial charge in [0.2, 0.25) is 5.88 Å². The third kappa shape index (κ3) is 3.10. The van der Waals surface area contributed by atoms with Crippen molar-refractivity contribution in [3.8, 4) is 5.88 Å². The molecular formula is C9H13IN2O2S. The van der Waals surface area contributed by atoms with Gasteiger partial charge in [0.15, 0.2) is 5.03 Å². The predicted octanol–water partition coefficient (Wildman–Crippen LogP) is 2.00. The zero-order valence-electron chi connectivity index (χ0n) is 9.07. The standard InChI is InChI=1S/C9H13IN2O2S/c1-9(2,3)15(13)7-5-6(10)8(14-4)12-11-7/h5H,1-4H3. The van der Waals surface area contributed by atoms with Crippen LogP contribution in [0, 0.1) is 3.57 Å². The first-order valence-corrected chi connectivity index (χ1v) is 6.58. The monoisotopic (exact) mass is 340 g/mol. The molecule has 0 bridgehead atoms. The van der Waals surface area contributed by atoms with Crippen LogP contribution < -0.4 is 4.74 Å². The van der Waals surface area contributed by atoms with Crippen LogP contribution in [0.15, 0.2) is 11.1 Å². The smallest absolute Gasteiger partial charge is 0.246 e. The Morgan fingerprint density at radius 2 is 2.00 bits per heavy atom. The maximum absolute atomic E-state index is 12.0. The van der Waals surface area contributed by atoms with E-state index in [0.29, 0.717) is 10.9 Å². The van der Waals surface area contributed by atoms with Gasteiger partial charge in [-0.3, -0.25) is 4.21 Å². The molecule has 1 heterocycles. The minimum absolute atomic E-state index is 0.327. The van der Waals surface area contributed by atoms with Crippen molar-refractivity contribution in [3.63, 3.8) is 0 Å². The fourth-order valence-corrected chi connectivity index (χ4v) is 2.69. The molecule has 0 fully saturated rings. The molecule has 0 N–H and O–H groups in total. The molecule has 6 heteroatoms. The second-order valence-corrected chi connectivity index (χ2v) is 7.26. The fourth-order valence-electron chi connectivity index (χ4n) is 0.884. The Kier molecular flexibility index (Phi) is 4.05. The highest BCUT2D eigenvalue weighted by molar-refractivity contribution is 14.1. The molecule has 0 spiro atoms. The lowest BCUT2D eigenvalue weighted by atomic mass is 10.3. The molecular weight excluding hydrogens is 327 g/mol. The summed E-state index contributed by atoms with van der Waals surface area (Å²) in [5.74, 6) is 0.463. The summed E-state index contributed by atoms with van der Waals surface area (Å²) in [4.78, 5) is 0. The van der Waals surface area contributed by atoms with Crippen LogP contribution in [0.3, 0.4) is 0 Å². The number of methoxy groups -OCH3 is 1. The number of aromatic nitrogens is 2. The minimum atomic E-state index is -1.16. The summed E-state index contributed by atoms with van der Waals surface area (Å²) in [6.45, 7) is 5.71. The lowest BCUT2D eigenvalue weighted by Crippen LogP contribution is -2.23. The molecule has 15 heavy (non-hydrogen) atoms. The van der Waals surface area contributed by atoms with Crippen molar-refractivity contribution in [2.24, 2.45) is 0 Å². The van der Waals surface area contributed by atoms with Gasteiger partial charge >= 0.3 is 0 Å². The summed E-state index contributed by atoms with van der Waals surface area (Å²) in [7, 11) is 0.379. The molecule has 0 aliphatic rings. The van der Waals surface area contributed by atoms with Crippen LogP contribution in [-0.4, -0.2) is 26.3 Å². The number of hydrogen-bond acceptors (Lipinski definition) is 4. The van der Waals surface area contributed by atoms with Gasteiger partial charge in [0, 0.05) is 4.75 Å². The average Bonchev–Trinajstić information content (AvgIpc) is 2.15. The van der Waals surface area contributed by atoms with Gasteiger partial charge in [0.1, 0.15) is 0 Å². The van der Waals surface area contributed by atoms with Crippen LogP contribution in [0.4, 0.5) is 0 Å². The maximum atomic E-state index is 12.0. The fraction of sp³-hybridized carbons (Fsp3) is 0.556. The van der Waals surface area contributed by atoms with Crippen molar-refractivity contribution in [1.82, 2.24) is 10.2 Å². The molecule has 1 rings (SSSR count). The maximum Gasteiger partial charge on any atom is 0.246 e. The topological polar surface area (TPSA) is 52.1 Å². The molecule has 0 aromatic carbocycles. The largest absolute Gasteiger partial charge is 0.479 e. The van der Waals surface area contributed by atoms with Gasteiger partial charge in [-0.05, 0) is 49.4 Å². The molecule has 0 saturated heterocycles. The molecule has 1 aromatic rings. The molecule has 0 radical (unpaired) electrons. The van der Waals surface area contributed by atoms with E-state index in [2.05, 4.69) is 32.8 Å². The molecule has 0 aliphatic carbocycles. The van der Waals surface area contributed by atoms with Crippen LogP contribution >= 0.6 is 22.6 Å². The van der Waals surface area contributed by atoms with Gasteiger partial charge in [-0.1, -0.05) is 0 Å². The van der Waals surface area contributed by atoms with Crippen LogP contribution in [-0.2, 0) is 10.8 Å². The van der Waals surface area contributed by atoms with Crippen LogP contribution in [0.25, 0.3) is 0 Å². The SMILES string of the molecule is COc1nnc(S(=O)C(C)(C)C)cc1I. The van der Waals surface area contributed by atoms with Gasteiger partial charge < -0.3 is 4.74 Å². The van der Waals surface area contributed by atoms with Crippen molar-refractivity contribution >= 4 is 33.4 Å². The van der Waals surface area contributed by atoms with Gasteiger partial charge in [-0.25, -0.2) is 0 Å². The van der Waals surface area contributed by atoms with E-state index in [1.54, 1.807) is 6.07 Å². The van der Waals surface area contributed by atoms with Gasteiger partial charge in [-0.15, -0.1) is 10.2 Å². The average molecular weight is 340 g/mol. The first-order chi connectivity index (χ1) is 6.86. The molecule has 0 saturated carbocycles. The van der Waals surface area contributed by atoms with E-state index in [1.165, 1.54) is 7.11 Å². The van der Waals surface area contributed by atoms with Gasteiger partial charge in [0.25, 0.3) is 0 Å². The molecule has 0 aliphatic heterocycles.